The summed E-state index contributed by atoms with van der Waals surface area (Å²) in [7, 11) is 0. The molecule has 29 aromatic rings. The van der Waals surface area contributed by atoms with E-state index in [1.54, 1.807) is 22.7 Å². The Morgan fingerprint density at radius 2 is 0.560 bits per heavy atom. The largest absolute Gasteiger partial charge is 0.308 e. The van der Waals surface area contributed by atoms with Crippen LogP contribution >= 0.6 is 22.7 Å². The average molecular weight is 1510 g/mol. The molecule has 29 rings (SSSR count). The molecule has 0 aliphatic carbocycles. The lowest BCUT2D eigenvalue weighted by Gasteiger charge is -2.13. The number of aromatic nitrogens is 10. The monoisotopic (exact) mass is 1510 g/mol. The molecule has 17 aromatic carbocycles. The van der Waals surface area contributed by atoms with Gasteiger partial charge in [0, 0.05) is 106 Å². The van der Waals surface area contributed by atoms with Crippen molar-refractivity contribution in [3.63, 3.8) is 0 Å². The molecule has 10 nitrogen and oxygen atoms in total. The summed E-state index contributed by atoms with van der Waals surface area (Å²) in [5.41, 5.74) is 19.8. The van der Waals surface area contributed by atoms with Gasteiger partial charge in [0.05, 0.1) is 97.7 Å². The van der Waals surface area contributed by atoms with Crippen LogP contribution < -0.4 is 0 Å². The Balaban J connectivity index is 0.687. The van der Waals surface area contributed by atoms with Gasteiger partial charge in [-0.05, 0) is 153 Å². The summed E-state index contributed by atoms with van der Waals surface area (Å²) in [6, 6.07) is 122. The molecular formula is C104H54N10S2. The molecule has 0 saturated carbocycles. The minimum atomic E-state index is 0.608. The number of nitrogens with zero attached hydrogens (tertiary/aromatic N) is 10. The van der Waals surface area contributed by atoms with E-state index < -0.39 is 0 Å². The Morgan fingerprint density at radius 3 is 1.10 bits per heavy atom. The number of hydrogen-bond donors (Lipinski definition) is 0. The van der Waals surface area contributed by atoms with E-state index in [9.17, 15) is 0 Å². The number of thiophene rings is 2. The second kappa shape index (κ2) is 21.6. The second-order valence-electron chi connectivity index (χ2n) is 31.5. The number of para-hydroxylation sites is 5. The highest BCUT2D eigenvalue weighted by molar-refractivity contribution is 7.26. The zero-order valence-corrected chi connectivity index (χ0v) is 63.1. The first-order valence-electron chi connectivity index (χ1n) is 39.5. The number of rotatable bonds is 5. The molecule has 12 heteroatoms. The molecule has 0 N–H and O–H groups in total. The molecule has 0 radical (unpaired) electrons. The van der Waals surface area contributed by atoms with Gasteiger partial charge in [0.1, 0.15) is 0 Å². The van der Waals surface area contributed by atoms with Gasteiger partial charge in [-0.3, -0.25) is 18.3 Å². The van der Waals surface area contributed by atoms with Gasteiger partial charge in [-0.2, -0.15) is 9.97 Å². The van der Waals surface area contributed by atoms with Gasteiger partial charge >= 0.3 is 0 Å². The molecule has 0 bridgehead atoms. The molecule has 12 aromatic heterocycles. The molecular weight excluding hydrogens is 1450 g/mol. The van der Waals surface area contributed by atoms with Crippen molar-refractivity contribution in [2.45, 2.75) is 0 Å². The van der Waals surface area contributed by atoms with Gasteiger partial charge < -0.3 is 8.80 Å². The maximum absolute atomic E-state index is 6.07. The van der Waals surface area contributed by atoms with E-state index in [1.807, 2.05) is 0 Å². The summed E-state index contributed by atoms with van der Waals surface area (Å²) in [5.74, 6) is 2.94. The van der Waals surface area contributed by atoms with Crippen molar-refractivity contribution in [3.8, 4) is 34.7 Å². The Kier molecular flexibility index (Phi) is 11.3. The van der Waals surface area contributed by atoms with Crippen LogP contribution in [0.3, 0.4) is 0 Å². The zero-order chi connectivity index (χ0) is 74.8. The highest BCUT2D eigenvalue weighted by atomic mass is 32.1. The minimum Gasteiger partial charge on any atom is -0.308 e. The molecule has 0 aliphatic heterocycles. The van der Waals surface area contributed by atoms with Gasteiger partial charge in [-0.25, -0.2) is 9.97 Å². The molecule has 0 saturated heterocycles. The van der Waals surface area contributed by atoms with Gasteiger partial charge in [0.15, 0.2) is 11.6 Å². The average Bonchev–Trinajstić information content (AvgIpc) is 1.51. The van der Waals surface area contributed by atoms with Gasteiger partial charge in [-0.1, -0.05) is 218 Å². The fraction of sp³-hybridized carbons (Fsp3) is 0. The predicted molar refractivity (Wildman–Crippen MR) is 488 cm³/mol. The molecule has 12 heterocycles. The summed E-state index contributed by atoms with van der Waals surface area (Å²) in [6.07, 6.45) is 0. The first-order chi connectivity index (χ1) is 57.5. The van der Waals surface area contributed by atoms with Crippen LogP contribution in [0, 0.1) is 0 Å². The van der Waals surface area contributed by atoms with Crippen molar-refractivity contribution in [1.82, 2.24) is 47.0 Å². The van der Waals surface area contributed by atoms with Crippen molar-refractivity contribution < 1.29 is 0 Å². The highest BCUT2D eigenvalue weighted by Gasteiger charge is 2.32. The smallest absolute Gasteiger partial charge is 0.237 e. The van der Waals surface area contributed by atoms with Crippen molar-refractivity contribution in [2.24, 2.45) is 0 Å². The van der Waals surface area contributed by atoms with Crippen LogP contribution in [0.4, 0.5) is 0 Å². The predicted octanol–water partition coefficient (Wildman–Crippen LogP) is 27.8. The van der Waals surface area contributed by atoms with Crippen molar-refractivity contribution in [2.75, 3.05) is 0 Å². The van der Waals surface area contributed by atoms with Crippen LogP contribution in [0.15, 0.2) is 328 Å². The molecule has 0 unspecified atom stereocenters. The zero-order valence-electron chi connectivity index (χ0n) is 61.5. The van der Waals surface area contributed by atoms with Crippen molar-refractivity contribution in [3.05, 3.63) is 328 Å². The molecule has 0 fully saturated rings. The quantitative estimate of drug-likeness (QED) is 0.172. The lowest BCUT2D eigenvalue weighted by molar-refractivity contribution is 0.976. The summed E-state index contributed by atoms with van der Waals surface area (Å²) in [6.45, 7) is 0. The second-order valence-corrected chi connectivity index (χ2v) is 33.6. The Hall–Kier alpha value is -15.1. The van der Waals surface area contributed by atoms with Crippen LogP contribution in [0.5, 0.6) is 0 Å². The maximum atomic E-state index is 6.07. The molecule has 0 amide bonds. The number of fused-ring (bicyclic) bond motifs is 36. The Morgan fingerprint density at radius 1 is 0.198 bits per heavy atom. The SMILES string of the molecule is c1ccc2cc3c(cc2c1)c1cc2c(c4ccccc4n2-c2nc(-n4c5ccccc5c5ccccc54)c4sc5ccccc5c4n2)c2c4cc(-c5ccc6c(c5)c5c7ccccc7ccc5n6-c5nc(-n6c7ccccc7c7c8c9ccccc9n9c%10cc%11ccccc%11cc%10c(cc76)c89)c6sc7ccccc7c6n5)ccc4n3c12. The van der Waals surface area contributed by atoms with Crippen LogP contribution in [-0.2, 0) is 0 Å². The van der Waals surface area contributed by atoms with E-state index in [-0.39, 0.29) is 0 Å². The van der Waals surface area contributed by atoms with Crippen LogP contribution in [0.25, 0.3) is 271 Å². The van der Waals surface area contributed by atoms with Crippen molar-refractivity contribution >= 4 is 259 Å². The number of hydrogen-bond acceptors (Lipinski definition) is 6. The Bertz CT molecular complexity index is 9540. The third kappa shape index (κ3) is 7.57. The molecule has 0 atom stereocenters. The van der Waals surface area contributed by atoms with Gasteiger partial charge in [-0.15, -0.1) is 22.7 Å². The summed E-state index contributed by atoms with van der Waals surface area (Å²) < 4.78 is 19.0. The Labute approximate surface area is 663 Å². The van der Waals surface area contributed by atoms with E-state index >= 15 is 0 Å². The third-order valence-corrected chi connectivity index (χ3v) is 28.1. The van der Waals surface area contributed by atoms with Gasteiger partial charge in [0.2, 0.25) is 11.9 Å². The van der Waals surface area contributed by atoms with Crippen LogP contribution in [0.2, 0.25) is 0 Å². The van der Waals surface area contributed by atoms with E-state index in [0.717, 1.165) is 130 Å². The molecule has 0 aliphatic rings. The first kappa shape index (κ1) is 60.6. The summed E-state index contributed by atoms with van der Waals surface area (Å²) in [5, 5.41) is 28.4. The van der Waals surface area contributed by atoms with E-state index in [0.29, 0.717) is 11.9 Å². The van der Waals surface area contributed by atoms with Gasteiger partial charge in [0.25, 0.3) is 0 Å². The summed E-state index contributed by atoms with van der Waals surface area (Å²) >= 11 is 3.54. The first-order valence-corrected chi connectivity index (χ1v) is 41.1. The van der Waals surface area contributed by atoms with Crippen LogP contribution in [-0.4, -0.2) is 47.0 Å². The highest BCUT2D eigenvalue weighted by Crippen LogP contribution is 2.53. The van der Waals surface area contributed by atoms with E-state index in [1.165, 1.54) is 129 Å². The fourth-order valence-electron chi connectivity index (χ4n) is 21.0. The topological polar surface area (TPSA) is 80.1 Å². The summed E-state index contributed by atoms with van der Waals surface area (Å²) in [4.78, 5) is 23.6. The lowest BCUT2D eigenvalue weighted by Crippen LogP contribution is -2.06. The van der Waals surface area contributed by atoms with E-state index in [4.69, 9.17) is 19.9 Å². The third-order valence-electron chi connectivity index (χ3n) is 25.8. The maximum Gasteiger partial charge on any atom is 0.237 e. The van der Waals surface area contributed by atoms with E-state index in [2.05, 4.69) is 355 Å². The lowest BCUT2D eigenvalue weighted by atomic mass is 9.97. The minimum absolute atomic E-state index is 0.608. The molecule has 116 heavy (non-hydrogen) atoms. The number of benzene rings is 17. The fourth-order valence-corrected chi connectivity index (χ4v) is 23.3. The molecule has 0 spiro atoms. The molecule has 532 valence electrons. The van der Waals surface area contributed by atoms with Crippen molar-refractivity contribution in [1.29, 1.82) is 0 Å². The standard InChI is InChI=1S/C104H54N10S2/c1-3-24-58-51-84-70(47-56(58)22-1)72-53-86-91(93-67-31-11-16-36-78(67)109(84)97(72)93)65-29-9-17-37-79(65)112(86)102-100-96(69-33-13-20-40-89(69)116-100)105-103(108-102)113-82-45-43-60(49-74(82)90-62-26-6-5-21-55(62)41-46-83(90)113)61-42-44-81-75(50-61)94-92-66-30-10-18-38-80(66)114(87(92)54-73-71-48-57-23-2-4-25-59(57)52-85(71)110(81)98(73)94)104-106-95-68-32-12-19-39-88(68)115-99(95)101(107-104)111-76-34-14-7-27-63(76)64-28-8-15-35-77(64)111/h1-54H. The van der Waals surface area contributed by atoms with Crippen LogP contribution in [0.1, 0.15) is 0 Å². The normalized spacial score (nSPS) is 12.8.